The molecule has 0 bridgehead atoms. The first-order valence-electron chi connectivity index (χ1n) is 8.30. The van der Waals surface area contributed by atoms with Crippen LogP contribution in [0.4, 0.5) is 10.1 Å². The summed E-state index contributed by atoms with van der Waals surface area (Å²) < 4.78 is 12.9. The number of aliphatic hydroxyl groups is 1. The van der Waals surface area contributed by atoms with Gasteiger partial charge < -0.3 is 15.7 Å². The molecule has 0 aliphatic carbocycles. The molecule has 0 amide bonds. The second-order valence-corrected chi connectivity index (χ2v) is 6.85. The number of anilines is 1. The Bertz CT molecular complexity index is 675. The average molecular weight is 422 g/mol. The summed E-state index contributed by atoms with van der Waals surface area (Å²) in [4.78, 5) is 2.16. The van der Waals surface area contributed by atoms with Crippen LogP contribution in [-0.4, -0.2) is 29.6 Å². The Hall–Kier alpha value is -1.04. The van der Waals surface area contributed by atoms with Gasteiger partial charge in [-0.05, 0) is 61.3 Å². The van der Waals surface area contributed by atoms with Crippen LogP contribution in [0, 0.1) is 5.82 Å². The van der Waals surface area contributed by atoms with Crippen molar-refractivity contribution in [1.82, 2.24) is 4.90 Å². The molecule has 144 valence electrons. The molecule has 1 atom stereocenters. The molecular weight excluding hydrogens is 398 g/mol. The van der Waals surface area contributed by atoms with E-state index < -0.39 is 6.10 Å². The van der Waals surface area contributed by atoms with Gasteiger partial charge in [0.2, 0.25) is 0 Å². The maximum atomic E-state index is 12.9. The number of nitrogen functional groups attached to an aromatic ring is 1. The molecule has 7 heteroatoms. The molecule has 3 nitrogen and oxygen atoms in total. The monoisotopic (exact) mass is 420 g/mol. The van der Waals surface area contributed by atoms with Gasteiger partial charge >= 0.3 is 0 Å². The van der Waals surface area contributed by atoms with Crippen LogP contribution in [0.3, 0.4) is 0 Å². The lowest BCUT2D eigenvalue weighted by Crippen LogP contribution is -2.30. The lowest BCUT2D eigenvalue weighted by molar-refractivity contribution is 0.115. The third kappa shape index (κ3) is 6.60. The number of aryl methyl sites for hydroxylation is 1. The lowest BCUT2D eigenvalue weighted by atomic mass is 10.1. The van der Waals surface area contributed by atoms with Gasteiger partial charge in [0.05, 0.1) is 21.8 Å². The number of benzene rings is 2. The van der Waals surface area contributed by atoms with Crippen molar-refractivity contribution >= 4 is 41.3 Å². The number of halogens is 4. The number of hydrogen-bond acceptors (Lipinski definition) is 3. The van der Waals surface area contributed by atoms with Crippen LogP contribution in [0.15, 0.2) is 36.4 Å². The Morgan fingerprint density at radius 1 is 1.15 bits per heavy atom. The fourth-order valence-electron chi connectivity index (χ4n) is 2.68. The van der Waals surface area contributed by atoms with Gasteiger partial charge in [-0.25, -0.2) is 4.39 Å². The molecule has 26 heavy (non-hydrogen) atoms. The number of nitrogens with two attached hydrogens (primary N) is 1. The molecule has 0 saturated heterocycles. The van der Waals surface area contributed by atoms with Gasteiger partial charge in [-0.15, -0.1) is 12.4 Å². The molecular formula is C19H24Cl3FN2O. The van der Waals surface area contributed by atoms with Crippen LogP contribution >= 0.6 is 35.6 Å². The van der Waals surface area contributed by atoms with Crippen molar-refractivity contribution in [2.24, 2.45) is 0 Å². The minimum atomic E-state index is -0.693. The highest BCUT2D eigenvalue weighted by molar-refractivity contribution is 6.38. The van der Waals surface area contributed by atoms with Gasteiger partial charge in [0.1, 0.15) is 5.82 Å². The summed E-state index contributed by atoms with van der Waals surface area (Å²) in [5.74, 6) is -0.220. The van der Waals surface area contributed by atoms with E-state index in [9.17, 15) is 9.50 Å². The molecule has 2 rings (SSSR count). The summed E-state index contributed by atoms with van der Waals surface area (Å²) >= 11 is 12.1. The standard InChI is InChI=1S/C19H23Cl2FN2O.ClH/c1-2-24(9-3-4-13-5-7-15(22)8-6-13)12-18(25)14-10-16(20)19(23)17(21)11-14;/h5-8,10-11,18,25H,2-4,9,12,23H2,1H3;1H. The van der Waals surface area contributed by atoms with Crippen LogP contribution in [0.2, 0.25) is 10.0 Å². The fraction of sp³-hybridized carbons (Fsp3) is 0.368. The number of nitrogens with zero attached hydrogens (tertiary/aromatic N) is 1. The predicted octanol–water partition coefficient (Wildman–Crippen LogP) is 5.12. The number of rotatable bonds is 8. The summed E-state index contributed by atoms with van der Waals surface area (Å²) in [5, 5.41) is 11.2. The molecule has 3 N–H and O–H groups in total. The van der Waals surface area contributed by atoms with Crippen LogP contribution < -0.4 is 5.73 Å². The molecule has 0 aliphatic heterocycles. The van der Waals surface area contributed by atoms with Crippen molar-refractivity contribution in [1.29, 1.82) is 0 Å². The molecule has 0 radical (unpaired) electrons. The molecule has 2 aromatic carbocycles. The van der Waals surface area contributed by atoms with E-state index in [-0.39, 0.29) is 18.2 Å². The molecule has 0 aliphatic rings. The van der Waals surface area contributed by atoms with Gasteiger partial charge in [0, 0.05) is 6.54 Å². The van der Waals surface area contributed by atoms with Crippen molar-refractivity contribution in [3.05, 3.63) is 63.4 Å². The van der Waals surface area contributed by atoms with E-state index in [4.69, 9.17) is 28.9 Å². The van der Waals surface area contributed by atoms with E-state index in [0.717, 1.165) is 31.5 Å². The van der Waals surface area contributed by atoms with E-state index in [0.29, 0.717) is 27.8 Å². The molecule has 1 unspecified atom stereocenters. The zero-order chi connectivity index (χ0) is 18.4. The minimum absolute atomic E-state index is 0. The first-order valence-corrected chi connectivity index (χ1v) is 9.05. The Morgan fingerprint density at radius 3 is 2.27 bits per heavy atom. The van der Waals surface area contributed by atoms with E-state index in [2.05, 4.69) is 4.90 Å². The topological polar surface area (TPSA) is 49.5 Å². The zero-order valence-electron chi connectivity index (χ0n) is 14.6. The van der Waals surface area contributed by atoms with Crippen molar-refractivity contribution < 1.29 is 9.50 Å². The van der Waals surface area contributed by atoms with Crippen LogP contribution in [0.5, 0.6) is 0 Å². The Balaban J connectivity index is 0.00000338. The highest BCUT2D eigenvalue weighted by Gasteiger charge is 2.15. The second-order valence-electron chi connectivity index (χ2n) is 6.04. The Morgan fingerprint density at radius 2 is 1.73 bits per heavy atom. The SMILES string of the molecule is CCN(CCCc1ccc(F)cc1)CC(O)c1cc(Cl)c(N)c(Cl)c1.Cl. The van der Waals surface area contributed by atoms with E-state index in [1.807, 2.05) is 6.92 Å². The third-order valence-corrected chi connectivity index (χ3v) is 4.84. The quantitative estimate of drug-likeness (QED) is 0.581. The normalized spacial score (nSPS) is 12.1. The summed E-state index contributed by atoms with van der Waals surface area (Å²) in [6.45, 7) is 4.18. The molecule has 0 saturated carbocycles. The van der Waals surface area contributed by atoms with Crippen molar-refractivity contribution in [2.45, 2.75) is 25.9 Å². The van der Waals surface area contributed by atoms with Gasteiger partial charge in [-0.1, -0.05) is 42.3 Å². The third-order valence-electron chi connectivity index (χ3n) is 4.22. The fourth-order valence-corrected chi connectivity index (χ4v) is 3.19. The van der Waals surface area contributed by atoms with Crippen LogP contribution in [0.1, 0.15) is 30.6 Å². The Kier molecular flexibility index (Phi) is 9.69. The number of aliphatic hydroxyl groups excluding tert-OH is 1. The first kappa shape index (κ1) is 23.0. The molecule has 0 aromatic heterocycles. The van der Waals surface area contributed by atoms with Gasteiger partial charge in [-0.2, -0.15) is 0 Å². The van der Waals surface area contributed by atoms with Gasteiger partial charge in [0.25, 0.3) is 0 Å². The van der Waals surface area contributed by atoms with E-state index >= 15 is 0 Å². The second kappa shape index (κ2) is 11.0. The summed E-state index contributed by atoms with van der Waals surface area (Å²) in [6, 6.07) is 9.87. The molecule has 0 fully saturated rings. The van der Waals surface area contributed by atoms with Crippen molar-refractivity contribution in [3.63, 3.8) is 0 Å². The zero-order valence-corrected chi connectivity index (χ0v) is 16.9. The highest BCUT2D eigenvalue weighted by atomic mass is 35.5. The van der Waals surface area contributed by atoms with Gasteiger partial charge in [0.15, 0.2) is 0 Å². The van der Waals surface area contributed by atoms with Crippen molar-refractivity contribution in [3.8, 4) is 0 Å². The number of hydrogen-bond donors (Lipinski definition) is 2. The highest BCUT2D eigenvalue weighted by Crippen LogP contribution is 2.31. The first-order chi connectivity index (χ1) is 11.9. The summed E-state index contributed by atoms with van der Waals surface area (Å²) in [6.07, 6.45) is 1.10. The maximum Gasteiger partial charge on any atom is 0.123 e. The predicted molar refractivity (Wildman–Crippen MR) is 110 cm³/mol. The smallest absolute Gasteiger partial charge is 0.123 e. The minimum Gasteiger partial charge on any atom is -0.396 e. The summed E-state index contributed by atoms with van der Waals surface area (Å²) in [7, 11) is 0. The van der Waals surface area contributed by atoms with E-state index in [1.54, 1.807) is 24.3 Å². The Labute approximate surface area is 170 Å². The van der Waals surface area contributed by atoms with Crippen LogP contribution in [0.25, 0.3) is 0 Å². The van der Waals surface area contributed by atoms with E-state index in [1.165, 1.54) is 12.1 Å². The summed E-state index contributed by atoms with van der Waals surface area (Å²) in [5.41, 5.74) is 7.81. The molecule has 0 spiro atoms. The largest absolute Gasteiger partial charge is 0.396 e. The average Bonchev–Trinajstić information content (AvgIpc) is 2.59. The van der Waals surface area contributed by atoms with Gasteiger partial charge in [-0.3, -0.25) is 0 Å². The van der Waals surface area contributed by atoms with Crippen molar-refractivity contribution in [2.75, 3.05) is 25.4 Å². The molecule has 0 heterocycles. The van der Waals surface area contributed by atoms with Crippen LogP contribution in [-0.2, 0) is 6.42 Å². The number of likely N-dealkylation sites (N-methyl/N-ethyl adjacent to an activating group) is 1. The lowest BCUT2D eigenvalue weighted by Gasteiger charge is -2.24. The molecule has 2 aromatic rings. The maximum absolute atomic E-state index is 12.9.